The van der Waals surface area contributed by atoms with Gasteiger partial charge in [0.05, 0.1) is 6.04 Å². The van der Waals surface area contributed by atoms with Crippen LogP contribution in [0.15, 0.2) is 0 Å². The predicted octanol–water partition coefficient (Wildman–Crippen LogP) is 0.950. The first kappa shape index (κ1) is 11.3. The van der Waals surface area contributed by atoms with Crippen molar-refractivity contribution in [1.29, 1.82) is 0 Å². The molecule has 2 aliphatic rings. The lowest BCUT2D eigenvalue weighted by Gasteiger charge is -2.36. The monoisotopic (exact) mass is 228 g/mol. The van der Waals surface area contributed by atoms with Gasteiger partial charge in [-0.05, 0) is 30.3 Å². The second kappa shape index (κ2) is 5.21. The second-order valence-electron chi connectivity index (χ2n) is 4.58. The lowest BCUT2D eigenvalue weighted by Crippen LogP contribution is -2.57. The average molecular weight is 228 g/mol. The van der Waals surface area contributed by atoms with Crippen LogP contribution in [0, 0.1) is 5.92 Å². The molecule has 0 bridgehead atoms. The van der Waals surface area contributed by atoms with Crippen molar-refractivity contribution in [3.05, 3.63) is 0 Å². The van der Waals surface area contributed by atoms with Crippen LogP contribution in [0.5, 0.6) is 0 Å². The third-order valence-corrected chi connectivity index (χ3v) is 4.55. The molecule has 2 rings (SSSR count). The van der Waals surface area contributed by atoms with Gasteiger partial charge in [0.2, 0.25) is 5.91 Å². The molecule has 4 heteroatoms. The Hall–Kier alpha value is -0.220. The van der Waals surface area contributed by atoms with E-state index in [1.807, 2.05) is 23.7 Å². The van der Waals surface area contributed by atoms with E-state index in [9.17, 15) is 4.79 Å². The molecule has 0 atom stereocenters. The fourth-order valence-corrected chi connectivity index (χ4v) is 3.30. The van der Waals surface area contributed by atoms with Gasteiger partial charge in [-0.2, -0.15) is 11.8 Å². The number of likely N-dealkylation sites (N-methyl/N-ethyl adjacent to an activating group) is 1. The van der Waals surface area contributed by atoms with Gasteiger partial charge in [0.15, 0.2) is 0 Å². The van der Waals surface area contributed by atoms with Gasteiger partial charge in [-0.3, -0.25) is 4.79 Å². The summed E-state index contributed by atoms with van der Waals surface area (Å²) >= 11 is 2.02. The summed E-state index contributed by atoms with van der Waals surface area (Å²) in [6.07, 6.45) is 3.23. The first-order chi connectivity index (χ1) is 7.27. The zero-order chi connectivity index (χ0) is 10.7. The minimum Gasteiger partial charge on any atom is -0.340 e. The first-order valence-corrected chi connectivity index (χ1v) is 6.97. The SMILES string of the molecule is CN(C(=O)CC1CCSCC1)C1CNC1. The molecule has 2 aliphatic heterocycles. The van der Waals surface area contributed by atoms with Crippen LogP contribution >= 0.6 is 11.8 Å². The van der Waals surface area contributed by atoms with E-state index < -0.39 is 0 Å². The third-order valence-electron chi connectivity index (χ3n) is 3.51. The molecule has 0 saturated carbocycles. The third kappa shape index (κ3) is 2.88. The molecule has 15 heavy (non-hydrogen) atoms. The van der Waals surface area contributed by atoms with Crippen molar-refractivity contribution in [1.82, 2.24) is 10.2 Å². The number of amides is 1. The maximum absolute atomic E-state index is 11.9. The Balaban J connectivity index is 1.74. The van der Waals surface area contributed by atoms with Crippen LogP contribution in [0.4, 0.5) is 0 Å². The molecule has 0 spiro atoms. The van der Waals surface area contributed by atoms with E-state index in [1.165, 1.54) is 24.3 Å². The summed E-state index contributed by atoms with van der Waals surface area (Å²) in [5.41, 5.74) is 0. The zero-order valence-corrected chi connectivity index (χ0v) is 10.2. The molecule has 0 aromatic rings. The Morgan fingerprint density at radius 3 is 2.60 bits per heavy atom. The Labute approximate surface area is 96.0 Å². The van der Waals surface area contributed by atoms with E-state index in [0.717, 1.165) is 19.5 Å². The predicted molar refractivity (Wildman–Crippen MR) is 64.1 cm³/mol. The average Bonchev–Trinajstić information content (AvgIpc) is 2.16. The first-order valence-electron chi connectivity index (χ1n) is 5.81. The van der Waals surface area contributed by atoms with Crippen molar-refractivity contribution in [2.45, 2.75) is 25.3 Å². The van der Waals surface area contributed by atoms with Crippen LogP contribution in [0.25, 0.3) is 0 Å². The number of carbonyl (C=O) groups is 1. The van der Waals surface area contributed by atoms with Gasteiger partial charge in [-0.1, -0.05) is 0 Å². The summed E-state index contributed by atoms with van der Waals surface area (Å²) < 4.78 is 0. The molecule has 3 nitrogen and oxygen atoms in total. The summed E-state index contributed by atoms with van der Waals surface area (Å²) in [5.74, 6) is 3.48. The van der Waals surface area contributed by atoms with Crippen LogP contribution in [-0.2, 0) is 4.79 Å². The van der Waals surface area contributed by atoms with Crippen LogP contribution in [0.2, 0.25) is 0 Å². The Bertz CT molecular complexity index is 225. The fraction of sp³-hybridized carbons (Fsp3) is 0.909. The maximum atomic E-state index is 11.9. The van der Waals surface area contributed by atoms with E-state index in [1.54, 1.807) is 0 Å². The highest BCUT2D eigenvalue weighted by Gasteiger charge is 2.27. The van der Waals surface area contributed by atoms with E-state index in [0.29, 0.717) is 17.9 Å². The van der Waals surface area contributed by atoms with E-state index in [4.69, 9.17) is 0 Å². The largest absolute Gasteiger partial charge is 0.340 e. The van der Waals surface area contributed by atoms with Gasteiger partial charge in [-0.15, -0.1) is 0 Å². The van der Waals surface area contributed by atoms with Gasteiger partial charge in [0, 0.05) is 26.6 Å². The molecule has 1 N–H and O–H groups in total. The van der Waals surface area contributed by atoms with Crippen LogP contribution in [0.1, 0.15) is 19.3 Å². The molecule has 2 saturated heterocycles. The summed E-state index contributed by atoms with van der Waals surface area (Å²) in [4.78, 5) is 13.9. The van der Waals surface area contributed by atoms with Crippen molar-refractivity contribution < 1.29 is 4.79 Å². The quantitative estimate of drug-likeness (QED) is 0.780. The molecule has 0 unspecified atom stereocenters. The van der Waals surface area contributed by atoms with Crippen molar-refractivity contribution >= 4 is 17.7 Å². The highest BCUT2D eigenvalue weighted by atomic mass is 32.2. The lowest BCUT2D eigenvalue weighted by molar-refractivity contribution is -0.133. The van der Waals surface area contributed by atoms with Crippen LogP contribution < -0.4 is 5.32 Å². The molecule has 0 aromatic heterocycles. The van der Waals surface area contributed by atoms with E-state index >= 15 is 0 Å². The number of hydrogen-bond acceptors (Lipinski definition) is 3. The van der Waals surface area contributed by atoms with Crippen LogP contribution in [-0.4, -0.2) is 48.5 Å². The Morgan fingerprint density at radius 2 is 2.07 bits per heavy atom. The van der Waals surface area contributed by atoms with E-state index in [-0.39, 0.29) is 0 Å². The zero-order valence-electron chi connectivity index (χ0n) is 9.37. The summed E-state index contributed by atoms with van der Waals surface area (Å²) in [6, 6.07) is 0.454. The number of carbonyl (C=O) groups excluding carboxylic acids is 1. The van der Waals surface area contributed by atoms with Crippen molar-refractivity contribution in [2.24, 2.45) is 5.92 Å². The molecule has 0 radical (unpaired) electrons. The van der Waals surface area contributed by atoms with Crippen molar-refractivity contribution in [3.8, 4) is 0 Å². The minimum absolute atomic E-state index is 0.346. The second-order valence-corrected chi connectivity index (χ2v) is 5.80. The standard InChI is InChI=1S/C11H20N2OS/c1-13(10-7-12-8-10)11(14)6-9-2-4-15-5-3-9/h9-10,12H,2-8H2,1H3. The van der Waals surface area contributed by atoms with Gasteiger partial charge >= 0.3 is 0 Å². The molecule has 1 amide bonds. The number of nitrogens with zero attached hydrogens (tertiary/aromatic N) is 1. The van der Waals surface area contributed by atoms with Gasteiger partial charge in [-0.25, -0.2) is 0 Å². The number of rotatable bonds is 3. The molecular weight excluding hydrogens is 208 g/mol. The summed E-state index contributed by atoms with van der Waals surface area (Å²) in [5, 5.41) is 3.20. The van der Waals surface area contributed by atoms with Gasteiger partial charge < -0.3 is 10.2 Å². The van der Waals surface area contributed by atoms with Gasteiger partial charge in [0.25, 0.3) is 0 Å². The fourth-order valence-electron chi connectivity index (χ4n) is 2.09. The summed E-state index contributed by atoms with van der Waals surface area (Å²) in [6.45, 7) is 1.95. The molecular formula is C11H20N2OS. The van der Waals surface area contributed by atoms with Crippen LogP contribution in [0.3, 0.4) is 0 Å². The number of hydrogen-bond donors (Lipinski definition) is 1. The molecule has 0 aromatic carbocycles. The van der Waals surface area contributed by atoms with Crippen molar-refractivity contribution in [3.63, 3.8) is 0 Å². The lowest BCUT2D eigenvalue weighted by atomic mass is 9.97. The smallest absolute Gasteiger partial charge is 0.222 e. The van der Waals surface area contributed by atoms with Crippen molar-refractivity contribution in [2.75, 3.05) is 31.6 Å². The van der Waals surface area contributed by atoms with Gasteiger partial charge in [0.1, 0.15) is 0 Å². The highest BCUT2D eigenvalue weighted by Crippen LogP contribution is 2.26. The maximum Gasteiger partial charge on any atom is 0.222 e. The molecule has 2 fully saturated rings. The molecule has 2 heterocycles. The molecule has 86 valence electrons. The number of nitrogens with one attached hydrogen (secondary N) is 1. The highest BCUT2D eigenvalue weighted by molar-refractivity contribution is 7.99. The minimum atomic E-state index is 0.346. The number of thioether (sulfide) groups is 1. The Kier molecular flexibility index (Phi) is 3.92. The Morgan fingerprint density at radius 1 is 1.40 bits per heavy atom. The summed E-state index contributed by atoms with van der Waals surface area (Å²) in [7, 11) is 1.95. The van der Waals surface area contributed by atoms with E-state index in [2.05, 4.69) is 5.32 Å². The molecule has 0 aliphatic carbocycles. The topological polar surface area (TPSA) is 32.3 Å². The normalized spacial score (nSPS) is 23.5.